The van der Waals surface area contributed by atoms with Crippen molar-refractivity contribution in [3.63, 3.8) is 0 Å². The number of halogens is 1. The Morgan fingerprint density at radius 2 is 1.85 bits per heavy atom. The highest BCUT2D eigenvalue weighted by atomic mass is 35.5. The molecule has 0 unspecified atom stereocenters. The molecule has 1 aliphatic rings. The fraction of sp³-hybridized carbons (Fsp3) is 0.192. The van der Waals surface area contributed by atoms with Crippen LogP contribution in [0, 0.1) is 6.92 Å². The van der Waals surface area contributed by atoms with Crippen molar-refractivity contribution in [1.29, 1.82) is 0 Å². The number of rotatable bonds is 7. The molecule has 7 nitrogen and oxygen atoms in total. The van der Waals surface area contributed by atoms with Crippen LogP contribution in [0.5, 0.6) is 0 Å². The topological polar surface area (TPSA) is 80.4 Å². The van der Waals surface area contributed by atoms with E-state index in [1.807, 2.05) is 54.1 Å². The summed E-state index contributed by atoms with van der Waals surface area (Å²) in [6, 6.07) is 18.6. The number of amides is 2. The van der Waals surface area contributed by atoms with Crippen molar-refractivity contribution in [2.24, 2.45) is 0 Å². The lowest BCUT2D eigenvalue weighted by Gasteiger charge is -2.20. The van der Waals surface area contributed by atoms with Gasteiger partial charge in [-0.15, -0.1) is 0 Å². The molecule has 0 saturated heterocycles. The maximum atomic E-state index is 13.1. The van der Waals surface area contributed by atoms with Gasteiger partial charge < -0.3 is 9.32 Å². The van der Waals surface area contributed by atoms with Crippen LogP contribution < -0.4 is 5.32 Å². The van der Waals surface area contributed by atoms with Gasteiger partial charge in [0.05, 0.1) is 12.0 Å². The first kappa shape index (κ1) is 22.0. The van der Waals surface area contributed by atoms with Gasteiger partial charge in [-0.25, -0.2) is 4.98 Å². The summed E-state index contributed by atoms with van der Waals surface area (Å²) in [5.41, 5.74) is 3.56. The van der Waals surface area contributed by atoms with Crippen LogP contribution in [0.15, 0.2) is 77.5 Å². The van der Waals surface area contributed by atoms with E-state index in [0.29, 0.717) is 16.7 Å². The van der Waals surface area contributed by atoms with Gasteiger partial charge in [0.1, 0.15) is 6.54 Å². The van der Waals surface area contributed by atoms with Crippen molar-refractivity contribution in [1.82, 2.24) is 14.5 Å². The third-order valence-corrected chi connectivity index (χ3v) is 5.96. The van der Waals surface area contributed by atoms with Crippen LogP contribution in [0.2, 0.25) is 5.02 Å². The van der Waals surface area contributed by atoms with Crippen LogP contribution in [0.4, 0.5) is 5.95 Å². The summed E-state index contributed by atoms with van der Waals surface area (Å²) >= 11 is 6.04. The van der Waals surface area contributed by atoms with E-state index < -0.39 is 0 Å². The Morgan fingerprint density at radius 1 is 1.12 bits per heavy atom. The van der Waals surface area contributed by atoms with E-state index in [4.69, 9.17) is 16.0 Å². The zero-order valence-electron chi connectivity index (χ0n) is 18.6. The number of aryl methyl sites for hydroxylation is 1. The minimum atomic E-state index is -0.326. The first-order valence-corrected chi connectivity index (χ1v) is 11.4. The molecule has 0 radical (unpaired) electrons. The van der Waals surface area contributed by atoms with E-state index in [2.05, 4.69) is 10.3 Å². The van der Waals surface area contributed by atoms with Crippen LogP contribution in [0.25, 0.3) is 16.9 Å². The number of aromatic nitrogens is 2. The summed E-state index contributed by atoms with van der Waals surface area (Å²) in [5.74, 6) is -0.00863. The van der Waals surface area contributed by atoms with Crippen molar-refractivity contribution in [3.8, 4) is 16.9 Å². The van der Waals surface area contributed by atoms with E-state index in [0.717, 1.165) is 29.7 Å². The molecule has 2 amide bonds. The van der Waals surface area contributed by atoms with Crippen molar-refractivity contribution < 1.29 is 14.0 Å². The molecule has 34 heavy (non-hydrogen) atoms. The summed E-state index contributed by atoms with van der Waals surface area (Å²) in [7, 11) is 0. The fourth-order valence-electron chi connectivity index (χ4n) is 3.74. The van der Waals surface area contributed by atoms with Gasteiger partial charge in [-0.2, -0.15) is 0 Å². The highest BCUT2D eigenvalue weighted by molar-refractivity contribution is 6.30. The molecule has 0 aliphatic heterocycles. The predicted molar refractivity (Wildman–Crippen MR) is 130 cm³/mol. The molecule has 5 rings (SSSR count). The maximum absolute atomic E-state index is 13.1. The number of anilines is 1. The molecule has 172 valence electrons. The summed E-state index contributed by atoms with van der Waals surface area (Å²) in [4.78, 5) is 32.1. The number of furan rings is 1. The smallest absolute Gasteiger partial charge is 0.290 e. The number of nitrogens with one attached hydrogen (secondary N) is 1. The lowest BCUT2D eigenvalue weighted by molar-refractivity contribution is -0.117. The molecular weight excluding hydrogens is 452 g/mol. The molecule has 0 atom stereocenters. The predicted octanol–water partition coefficient (Wildman–Crippen LogP) is 5.34. The van der Waals surface area contributed by atoms with E-state index in [-0.39, 0.29) is 30.2 Å². The molecule has 1 fully saturated rings. The van der Waals surface area contributed by atoms with Gasteiger partial charge in [0, 0.05) is 28.5 Å². The Hall–Kier alpha value is -3.84. The van der Waals surface area contributed by atoms with Crippen LogP contribution in [0.1, 0.15) is 29.0 Å². The Labute approximate surface area is 202 Å². The van der Waals surface area contributed by atoms with Gasteiger partial charge in [0.25, 0.3) is 5.91 Å². The lowest BCUT2D eigenvalue weighted by Crippen LogP contribution is -2.39. The lowest BCUT2D eigenvalue weighted by atomic mass is 10.2. The van der Waals surface area contributed by atoms with E-state index in [1.54, 1.807) is 29.2 Å². The Bertz CT molecular complexity index is 1310. The zero-order valence-corrected chi connectivity index (χ0v) is 19.3. The number of nitrogens with zero attached hydrogens (tertiary/aromatic N) is 3. The Kier molecular flexibility index (Phi) is 5.94. The molecule has 0 bridgehead atoms. The maximum Gasteiger partial charge on any atom is 0.290 e. The van der Waals surface area contributed by atoms with E-state index in [9.17, 15) is 9.59 Å². The van der Waals surface area contributed by atoms with Crippen molar-refractivity contribution >= 4 is 29.4 Å². The molecule has 1 aliphatic carbocycles. The molecule has 1 saturated carbocycles. The molecule has 8 heteroatoms. The first-order valence-electron chi connectivity index (χ1n) is 11.0. The number of carbonyl (C=O) groups excluding carboxylic acids is 2. The highest BCUT2D eigenvalue weighted by Gasteiger charge is 2.35. The zero-order chi connectivity index (χ0) is 23.7. The van der Waals surface area contributed by atoms with Gasteiger partial charge >= 0.3 is 0 Å². The minimum absolute atomic E-state index is 0.0461. The van der Waals surface area contributed by atoms with Gasteiger partial charge in [0.2, 0.25) is 11.9 Å². The average molecular weight is 475 g/mol. The quantitative estimate of drug-likeness (QED) is 0.392. The van der Waals surface area contributed by atoms with Crippen LogP contribution in [0.3, 0.4) is 0 Å². The molecule has 2 heterocycles. The monoisotopic (exact) mass is 474 g/mol. The molecule has 1 N–H and O–H groups in total. The summed E-state index contributed by atoms with van der Waals surface area (Å²) in [5, 5.41) is 3.54. The number of hydrogen-bond donors (Lipinski definition) is 1. The van der Waals surface area contributed by atoms with Gasteiger partial charge in [0.15, 0.2) is 5.76 Å². The fourth-order valence-corrected chi connectivity index (χ4v) is 3.87. The number of hydrogen-bond acceptors (Lipinski definition) is 4. The summed E-state index contributed by atoms with van der Waals surface area (Å²) in [6.45, 7) is 1.93. The SMILES string of the molecule is Cc1ccc(-n2cc(-c3ccc(Cl)cc3)nc2NC(=O)CN(C(=O)c2ccco2)C2CC2)cc1. The van der Waals surface area contributed by atoms with E-state index >= 15 is 0 Å². The van der Waals surface area contributed by atoms with Gasteiger partial charge in [-0.05, 0) is 56.2 Å². The van der Waals surface area contributed by atoms with Gasteiger partial charge in [-0.1, -0.05) is 41.4 Å². The van der Waals surface area contributed by atoms with Crippen molar-refractivity contribution in [2.45, 2.75) is 25.8 Å². The molecule has 4 aromatic rings. The molecule has 0 spiro atoms. The largest absolute Gasteiger partial charge is 0.459 e. The second-order valence-corrected chi connectivity index (χ2v) is 8.79. The van der Waals surface area contributed by atoms with Crippen molar-refractivity contribution in [2.75, 3.05) is 11.9 Å². The molecule has 2 aromatic heterocycles. The molecular formula is C26H23ClN4O3. The second-order valence-electron chi connectivity index (χ2n) is 8.35. The van der Waals surface area contributed by atoms with Gasteiger partial charge in [-0.3, -0.25) is 19.5 Å². The van der Waals surface area contributed by atoms with Crippen LogP contribution in [-0.2, 0) is 4.79 Å². The number of carbonyl (C=O) groups is 2. The minimum Gasteiger partial charge on any atom is -0.459 e. The molecule has 2 aromatic carbocycles. The summed E-state index contributed by atoms with van der Waals surface area (Å²) in [6.07, 6.45) is 5.07. The van der Waals surface area contributed by atoms with Crippen LogP contribution in [-0.4, -0.2) is 38.9 Å². The third-order valence-electron chi connectivity index (χ3n) is 5.70. The Morgan fingerprint density at radius 3 is 2.50 bits per heavy atom. The number of imidazole rings is 1. The highest BCUT2D eigenvalue weighted by Crippen LogP contribution is 2.29. The second kappa shape index (κ2) is 9.19. The first-order chi connectivity index (χ1) is 16.5. The summed E-state index contributed by atoms with van der Waals surface area (Å²) < 4.78 is 7.08. The third kappa shape index (κ3) is 4.75. The normalized spacial score (nSPS) is 13.0. The van der Waals surface area contributed by atoms with Crippen LogP contribution >= 0.6 is 11.6 Å². The number of benzene rings is 2. The Balaban J connectivity index is 1.42. The average Bonchev–Trinajstić information content (AvgIpc) is 3.35. The standard InChI is InChI=1S/C26H23ClN4O3/c1-17-4-10-21(11-5-17)31-15-22(18-6-8-19(27)9-7-18)28-26(31)29-24(32)16-30(20-12-13-20)25(33)23-3-2-14-34-23/h2-11,14-15,20H,12-13,16H2,1H3,(H,28,29,32). The van der Waals surface area contributed by atoms with Crippen molar-refractivity contribution in [3.05, 3.63) is 89.5 Å². The van der Waals surface area contributed by atoms with E-state index in [1.165, 1.54) is 6.26 Å².